The van der Waals surface area contributed by atoms with E-state index in [2.05, 4.69) is 20.3 Å². The molecule has 9 nitrogen and oxygen atoms in total. The second-order valence-electron chi connectivity index (χ2n) is 6.51. The molecule has 1 aliphatic heterocycles. The largest absolute Gasteiger partial charge is 0.450 e. The number of fused-ring (bicyclic) bond motifs is 1. The quantitative estimate of drug-likeness (QED) is 0.656. The van der Waals surface area contributed by atoms with Crippen LogP contribution in [0.4, 0.5) is 15.9 Å². The lowest BCUT2D eigenvalue weighted by Gasteiger charge is -2.33. The molecule has 1 fully saturated rings. The van der Waals surface area contributed by atoms with Gasteiger partial charge in [-0.3, -0.25) is 10.1 Å². The molecule has 0 aliphatic carbocycles. The zero-order chi connectivity index (χ0) is 21.1. The highest BCUT2D eigenvalue weighted by Crippen LogP contribution is 2.26. The van der Waals surface area contributed by atoms with Crippen molar-refractivity contribution >= 4 is 56.4 Å². The summed E-state index contributed by atoms with van der Waals surface area (Å²) in [5.41, 5.74) is 1.10. The van der Waals surface area contributed by atoms with Crippen LogP contribution in [0.1, 0.15) is 17.3 Å². The maximum absolute atomic E-state index is 12.4. The lowest BCUT2D eigenvalue weighted by Crippen LogP contribution is -2.49. The standard InChI is InChI=1S/C19H19ClN6O3S/c1-2-29-19(28)26-9-7-25(8-10-26)17-21-11-14-16(24-17)30-18(22-14)23-15(27)12-3-5-13(20)6-4-12/h3-6,11H,2,7-10H2,1H3,(H,22,23,27). The number of benzene rings is 1. The first-order valence-corrected chi connectivity index (χ1v) is 10.6. The molecular weight excluding hydrogens is 428 g/mol. The molecule has 0 atom stereocenters. The first-order valence-electron chi connectivity index (χ1n) is 9.40. The van der Waals surface area contributed by atoms with Crippen molar-refractivity contribution in [1.82, 2.24) is 19.9 Å². The third-order valence-corrected chi connectivity index (χ3v) is 5.69. The number of hydrogen-bond acceptors (Lipinski definition) is 8. The van der Waals surface area contributed by atoms with Gasteiger partial charge in [-0.15, -0.1) is 0 Å². The Kier molecular flexibility index (Phi) is 5.96. The van der Waals surface area contributed by atoms with E-state index in [9.17, 15) is 9.59 Å². The number of halogens is 1. The Morgan fingerprint density at radius 2 is 1.90 bits per heavy atom. The number of nitrogens with one attached hydrogen (secondary N) is 1. The molecule has 0 radical (unpaired) electrons. The Hall–Kier alpha value is -2.98. The summed E-state index contributed by atoms with van der Waals surface area (Å²) in [7, 11) is 0. The highest BCUT2D eigenvalue weighted by molar-refractivity contribution is 7.22. The highest BCUT2D eigenvalue weighted by atomic mass is 35.5. The number of piperazine rings is 1. The summed E-state index contributed by atoms with van der Waals surface area (Å²) in [6, 6.07) is 6.63. The van der Waals surface area contributed by atoms with Gasteiger partial charge in [-0.05, 0) is 31.2 Å². The fraction of sp³-hybridized carbons (Fsp3) is 0.316. The van der Waals surface area contributed by atoms with Crippen LogP contribution < -0.4 is 10.2 Å². The van der Waals surface area contributed by atoms with Crippen molar-refractivity contribution in [3.8, 4) is 0 Å². The SMILES string of the molecule is CCOC(=O)N1CCN(c2ncc3nc(NC(=O)c4ccc(Cl)cc4)sc3n2)CC1. The number of rotatable bonds is 4. The Labute approximate surface area is 181 Å². The van der Waals surface area contributed by atoms with E-state index in [1.54, 1.807) is 42.3 Å². The zero-order valence-corrected chi connectivity index (χ0v) is 17.7. The van der Waals surface area contributed by atoms with E-state index in [0.717, 1.165) is 0 Å². The number of thiazole rings is 1. The average molecular weight is 447 g/mol. The molecule has 3 heterocycles. The molecule has 2 amide bonds. The molecule has 3 aromatic rings. The van der Waals surface area contributed by atoms with Gasteiger partial charge < -0.3 is 14.5 Å². The molecule has 1 aromatic carbocycles. The number of nitrogens with zero attached hydrogens (tertiary/aromatic N) is 5. The molecule has 1 saturated heterocycles. The van der Waals surface area contributed by atoms with Gasteiger partial charge in [0.2, 0.25) is 5.95 Å². The molecule has 0 bridgehead atoms. The monoisotopic (exact) mass is 446 g/mol. The maximum Gasteiger partial charge on any atom is 0.409 e. The molecule has 30 heavy (non-hydrogen) atoms. The van der Waals surface area contributed by atoms with Crippen LogP contribution in [0.2, 0.25) is 5.02 Å². The van der Waals surface area contributed by atoms with Gasteiger partial charge in [0.05, 0.1) is 12.8 Å². The van der Waals surface area contributed by atoms with Crippen molar-refractivity contribution in [3.05, 3.63) is 41.0 Å². The second-order valence-corrected chi connectivity index (χ2v) is 7.93. The summed E-state index contributed by atoms with van der Waals surface area (Å²) in [5.74, 6) is 0.305. The second kappa shape index (κ2) is 8.80. The average Bonchev–Trinajstić information content (AvgIpc) is 3.16. The molecule has 0 spiro atoms. The fourth-order valence-electron chi connectivity index (χ4n) is 3.01. The van der Waals surface area contributed by atoms with Crippen molar-refractivity contribution in [2.45, 2.75) is 6.92 Å². The maximum atomic E-state index is 12.4. The van der Waals surface area contributed by atoms with E-state index < -0.39 is 0 Å². The van der Waals surface area contributed by atoms with E-state index in [4.69, 9.17) is 16.3 Å². The van der Waals surface area contributed by atoms with Crippen molar-refractivity contribution in [2.75, 3.05) is 43.0 Å². The number of anilines is 2. The summed E-state index contributed by atoms with van der Waals surface area (Å²) in [6.07, 6.45) is 1.35. The summed E-state index contributed by atoms with van der Waals surface area (Å²) >= 11 is 7.14. The Morgan fingerprint density at radius 1 is 1.17 bits per heavy atom. The third kappa shape index (κ3) is 4.44. The van der Waals surface area contributed by atoms with Crippen molar-refractivity contribution in [3.63, 3.8) is 0 Å². The number of ether oxygens (including phenoxy) is 1. The van der Waals surface area contributed by atoms with Crippen LogP contribution in [0, 0.1) is 0 Å². The van der Waals surface area contributed by atoms with Crippen molar-refractivity contribution in [1.29, 1.82) is 0 Å². The van der Waals surface area contributed by atoms with Crippen molar-refractivity contribution < 1.29 is 14.3 Å². The normalized spacial score (nSPS) is 14.1. The fourth-order valence-corrected chi connectivity index (χ4v) is 3.93. The van der Waals surface area contributed by atoms with E-state index in [1.807, 2.05) is 4.90 Å². The van der Waals surface area contributed by atoms with Crippen molar-refractivity contribution in [2.24, 2.45) is 0 Å². The number of aromatic nitrogens is 3. The number of hydrogen-bond donors (Lipinski definition) is 1. The highest BCUT2D eigenvalue weighted by Gasteiger charge is 2.24. The summed E-state index contributed by atoms with van der Waals surface area (Å²) in [6.45, 7) is 4.47. The van der Waals surface area contributed by atoms with Crippen LogP contribution in [0.15, 0.2) is 30.5 Å². The van der Waals surface area contributed by atoms with Gasteiger partial charge >= 0.3 is 6.09 Å². The molecule has 1 aliphatic rings. The van der Waals surface area contributed by atoms with Crippen LogP contribution in [0.5, 0.6) is 0 Å². The van der Waals surface area contributed by atoms with Gasteiger partial charge in [-0.25, -0.2) is 14.8 Å². The van der Waals surface area contributed by atoms with Gasteiger partial charge in [-0.1, -0.05) is 22.9 Å². The van der Waals surface area contributed by atoms with Gasteiger partial charge in [0.1, 0.15) is 5.52 Å². The van der Waals surface area contributed by atoms with Crippen LogP contribution in [0.25, 0.3) is 10.3 Å². The lowest BCUT2D eigenvalue weighted by atomic mass is 10.2. The van der Waals surface area contributed by atoms with Gasteiger partial charge in [0.15, 0.2) is 9.96 Å². The Bertz CT molecular complexity index is 1070. The van der Waals surface area contributed by atoms with Gasteiger partial charge in [0.25, 0.3) is 5.91 Å². The summed E-state index contributed by atoms with van der Waals surface area (Å²) in [5, 5.41) is 3.80. The molecule has 2 aromatic heterocycles. The van der Waals surface area contributed by atoms with E-state index in [-0.39, 0.29) is 12.0 Å². The summed E-state index contributed by atoms with van der Waals surface area (Å²) in [4.78, 5) is 41.9. The van der Waals surface area contributed by atoms with Crippen LogP contribution >= 0.6 is 22.9 Å². The van der Waals surface area contributed by atoms with E-state index in [1.165, 1.54) is 11.3 Å². The van der Waals surface area contributed by atoms with E-state index in [0.29, 0.717) is 64.8 Å². The topological polar surface area (TPSA) is 101 Å². The third-order valence-electron chi connectivity index (χ3n) is 4.55. The molecule has 0 unspecified atom stereocenters. The van der Waals surface area contributed by atoms with Crippen LogP contribution in [-0.2, 0) is 4.74 Å². The minimum Gasteiger partial charge on any atom is -0.450 e. The van der Waals surface area contributed by atoms with Gasteiger partial charge in [0, 0.05) is 36.8 Å². The Morgan fingerprint density at radius 3 is 2.60 bits per heavy atom. The predicted octanol–water partition coefficient (Wildman–Crippen LogP) is 3.27. The minimum absolute atomic E-state index is 0.269. The van der Waals surface area contributed by atoms with Crippen LogP contribution in [0.3, 0.4) is 0 Å². The Balaban J connectivity index is 1.43. The van der Waals surface area contributed by atoms with Gasteiger partial charge in [-0.2, -0.15) is 4.98 Å². The molecular formula is C19H19ClN6O3S. The lowest BCUT2D eigenvalue weighted by molar-refractivity contribution is 0.102. The number of carbonyl (C=O) groups is 2. The number of carbonyl (C=O) groups excluding carboxylic acids is 2. The smallest absolute Gasteiger partial charge is 0.409 e. The summed E-state index contributed by atoms with van der Waals surface area (Å²) < 4.78 is 5.04. The number of amides is 2. The predicted molar refractivity (Wildman–Crippen MR) is 115 cm³/mol. The molecule has 1 N–H and O–H groups in total. The molecule has 11 heteroatoms. The zero-order valence-electron chi connectivity index (χ0n) is 16.2. The first-order chi connectivity index (χ1) is 14.5. The minimum atomic E-state index is -0.294. The molecule has 4 rings (SSSR count). The van der Waals surface area contributed by atoms with E-state index >= 15 is 0 Å². The molecule has 0 saturated carbocycles. The molecule has 156 valence electrons. The van der Waals surface area contributed by atoms with Crippen LogP contribution in [-0.4, -0.2) is 64.6 Å². The first kappa shape index (κ1) is 20.3.